The fourth-order valence-corrected chi connectivity index (χ4v) is 3.00. The molecule has 0 aliphatic carbocycles. The van der Waals surface area contributed by atoms with Gasteiger partial charge in [-0.3, -0.25) is 0 Å². The molecule has 0 aliphatic rings. The molecule has 2 aromatic rings. The molecule has 2 aromatic carbocycles. The average molecular weight is 278 g/mol. The van der Waals surface area contributed by atoms with Crippen molar-refractivity contribution < 1.29 is 8.42 Å². The first-order valence-electron chi connectivity index (χ1n) is 6.26. The SMILES string of the molecule is CNCCCNS(=O)(=O)c1ccc2ccccc2c1. The molecule has 0 aliphatic heterocycles. The van der Waals surface area contributed by atoms with E-state index in [-0.39, 0.29) is 0 Å². The quantitative estimate of drug-likeness (QED) is 0.791. The second-order valence-corrected chi connectivity index (χ2v) is 6.13. The molecule has 19 heavy (non-hydrogen) atoms. The van der Waals surface area contributed by atoms with Crippen molar-refractivity contribution in [1.82, 2.24) is 10.0 Å². The Morgan fingerprint density at radius 3 is 2.47 bits per heavy atom. The van der Waals surface area contributed by atoms with Crippen LogP contribution in [0.15, 0.2) is 47.4 Å². The van der Waals surface area contributed by atoms with Gasteiger partial charge in [0.05, 0.1) is 4.90 Å². The van der Waals surface area contributed by atoms with E-state index in [2.05, 4.69) is 10.0 Å². The fraction of sp³-hybridized carbons (Fsp3) is 0.286. The van der Waals surface area contributed by atoms with Crippen LogP contribution < -0.4 is 10.0 Å². The third kappa shape index (κ3) is 3.53. The van der Waals surface area contributed by atoms with Gasteiger partial charge in [0, 0.05) is 6.54 Å². The lowest BCUT2D eigenvalue weighted by Crippen LogP contribution is -2.26. The molecule has 0 heterocycles. The van der Waals surface area contributed by atoms with Gasteiger partial charge >= 0.3 is 0 Å². The molecule has 0 fully saturated rings. The van der Waals surface area contributed by atoms with E-state index in [1.807, 2.05) is 37.4 Å². The maximum Gasteiger partial charge on any atom is 0.240 e. The minimum absolute atomic E-state index is 0.315. The fourth-order valence-electron chi connectivity index (χ4n) is 1.89. The van der Waals surface area contributed by atoms with E-state index < -0.39 is 10.0 Å². The highest BCUT2D eigenvalue weighted by molar-refractivity contribution is 7.89. The molecule has 5 heteroatoms. The van der Waals surface area contributed by atoms with Gasteiger partial charge in [-0.1, -0.05) is 30.3 Å². The number of benzene rings is 2. The lowest BCUT2D eigenvalue weighted by Gasteiger charge is -2.07. The number of nitrogens with one attached hydrogen (secondary N) is 2. The first kappa shape index (κ1) is 14.0. The van der Waals surface area contributed by atoms with E-state index in [0.29, 0.717) is 11.4 Å². The first-order valence-corrected chi connectivity index (χ1v) is 7.75. The van der Waals surface area contributed by atoms with Crippen molar-refractivity contribution in [2.24, 2.45) is 0 Å². The van der Waals surface area contributed by atoms with E-state index in [4.69, 9.17) is 0 Å². The summed E-state index contributed by atoms with van der Waals surface area (Å²) in [6, 6.07) is 12.9. The van der Waals surface area contributed by atoms with Gasteiger partial charge in [0.2, 0.25) is 10.0 Å². The average Bonchev–Trinajstić information content (AvgIpc) is 2.43. The van der Waals surface area contributed by atoms with E-state index in [1.54, 1.807) is 12.1 Å². The Morgan fingerprint density at radius 2 is 1.74 bits per heavy atom. The van der Waals surface area contributed by atoms with Crippen LogP contribution in [0.2, 0.25) is 0 Å². The minimum atomic E-state index is -3.41. The van der Waals surface area contributed by atoms with Crippen LogP contribution in [-0.4, -0.2) is 28.6 Å². The summed E-state index contributed by atoms with van der Waals surface area (Å²) in [6.07, 6.45) is 0.767. The Kier molecular flexibility index (Phi) is 4.52. The predicted molar refractivity (Wildman–Crippen MR) is 77.7 cm³/mol. The molecule has 0 saturated heterocycles. The molecule has 0 amide bonds. The standard InChI is InChI=1S/C14H18N2O2S/c1-15-9-4-10-16-19(17,18)14-8-7-12-5-2-3-6-13(12)11-14/h2-3,5-8,11,15-16H,4,9-10H2,1H3. The summed E-state index contributed by atoms with van der Waals surface area (Å²) in [4.78, 5) is 0.315. The third-order valence-corrected chi connectivity index (χ3v) is 4.39. The first-order chi connectivity index (χ1) is 9.13. The highest BCUT2D eigenvalue weighted by Gasteiger charge is 2.13. The van der Waals surface area contributed by atoms with Crippen molar-refractivity contribution in [2.45, 2.75) is 11.3 Å². The molecule has 0 aromatic heterocycles. The zero-order valence-corrected chi connectivity index (χ0v) is 11.7. The van der Waals surface area contributed by atoms with Crippen LogP contribution in [0.5, 0.6) is 0 Å². The molecule has 0 radical (unpaired) electrons. The second kappa shape index (κ2) is 6.14. The lowest BCUT2D eigenvalue weighted by atomic mass is 10.1. The Hall–Kier alpha value is -1.43. The van der Waals surface area contributed by atoms with Gasteiger partial charge in [-0.2, -0.15) is 0 Å². The minimum Gasteiger partial charge on any atom is -0.320 e. The molecule has 102 valence electrons. The molecule has 0 saturated carbocycles. The number of hydrogen-bond donors (Lipinski definition) is 2. The summed E-state index contributed by atoms with van der Waals surface area (Å²) >= 11 is 0. The molecule has 2 N–H and O–H groups in total. The molecular weight excluding hydrogens is 260 g/mol. The van der Waals surface area contributed by atoms with Crippen LogP contribution in [0.25, 0.3) is 10.8 Å². The maximum atomic E-state index is 12.1. The summed E-state index contributed by atoms with van der Waals surface area (Å²) < 4.78 is 26.8. The monoisotopic (exact) mass is 278 g/mol. The van der Waals surface area contributed by atoms with E-state index in [9.17, 15) is 8.42 Å². The summed E-state index contributed by atoms with van der Waals surface area (Å²) in [5.74, 6) is 0. The smallest absolute Gasteiger partial charge is 0.240 e. The molecule has 0 atom stereocenters. The molecule has 4 nitrogen and oxygen atoms in total. The Morgan fingerprint density at radius 1 is 1.00 bits per heavy atom. The number of rotatable bonds is 6. The van der Waals surface area contributed by atoms with Gasteiger partial charge in [0.1, 0.15) is 0 Å². The number of sulfonamides is 1. The number of hydrogen-bond acceptors (Lipinski definition) is 3. The molecular formula is C14H18N2O2S. The highest BCUT2D eigenvalue weighted by atomic mass is 32.2. The molecule has 0 unspecified atom stereocenters. The normalized spacial score (nSPS) is 11.8. The van der Waals surface area contributed by atoms with E-state index in [0.717, 1.165) is 23.7 Å². The van der Waals surface area contributed by atoms with Crippen LogP contribution in [-0.2, 0) is 10.0 Å². The van der Waals surface area contributed by atoms with Gasteiger partial charge in [-0.25, -0.2) is 13.1 Å². The third-order valence-electron chi connectivity index (χ3n) is 2.93. The topological polar surface area (TPSA) is 58.2 Å². The van der Waals surface area contributed by atoms with E-state index in [1.165, 1.54) is 0 Å². The van der Waals surface area contributed by atoms with Gasteiger partial charge < -0.3 is 5.32 Å². The van der Waals surface area contributed by atoms with Crippen LogP contribution >= 0.6 is 0 Å². The van der Waals surface area contributed by atoms with Crippen molar-refractivity contribution in [1.29, 1.82) is 0 Å². The Bertz CT molecular complexity index is 653. The number of fused-ring (bicyclic) bond motifs is 1. The van der Waals surface area contributed by atoms with Crippen molar-refractivity contribution in [3.05, 3.63) is 42.5 Å². The summed E-state index contributed by atoms with van der Waals surface area (Å²) in [6.45, 7) is 1.23. The van der Waals surface area contributed by atoms with Gasteiger partial charge in [0.25, 0.3) is 0 Å². The van der Waals surface area contributed by atoms with Crippen molar-refractivity contribution in [3.8, 4) is 0 Å². The van der Waals surface area contributed by atoms with Crippen LogP contribution in [0, 0.1) is 0 Å². The van der Waals surface area contributed by atoms with E-state index >= 15 is 0 Å². The van der Waals surface area contributed by atoms with Crippen LogP contribution in [0.3, 0.4) is 0 Å². The van der Waals surface area contributed by atoms with Crippen molar-refractivity contribution >= 4 is 20.8 Å². The Balaban J connectivity index is 2.18. The van der Waals surface area contributed by atoms with Crippen molar-refractivity contribution in [3.63, 3.8) is 0 Å². The molecule has 0 bridgehead atoms. The van der Waals surface area contributed by atoms with Crippen LogP contribution in [0.1, 0.15) is 6.42 Å². The van der Waals surface area contributed by atoms with Gasteiger partial charge in [0.15, 0.2) is 0 Å². The largest absolute Gasteiger partial charge is 0.320 e. The predicted octanol–water partition coefficient (Wildman–Crippen LogP) is 1.73. The van der Waals surface area contributed by atoms with Gasteiger partial charge in [-0.05, 0) is 42.9 Å². The van der Waals surface area contributed by atoms with Crippen LogP contribution in [0.4, 0.5) is 0 Å². The molecule has 2 rings (SSSR count). The molecule has 0 spiro atoms. The summed E-state index contributed by atoms with van der Waals surface area (Å²) in [5.41, 5.74) is 0. The summed E-state index contributed by atoms with van der Waals surface area (Å²) in [7, 11) is -1.56. The lowest BCUT2D eigenvalue weighted by molar-refractivity contribution is 0.577. The van der Waals surface area contributed by atoms with Crippen molar-refractivity contribution in [2.75, 3.05) is 20.1 Å². The highest BCUT2D eigenvalue weighted by Crippen LogP contribution is 2.18. The zero-order valence-electron chi connectivity index (χ0n) is 10.9. The Labute approximate surface area is 113 Å². The second-order valence-electron chi connectivity index (χ2n) is 4.36. The van der Waals surface area contributed by atoms with Gasteiger partial charge in [-0.15, -0.1) is 0 Å². The zero-order chi connectivity index (χ0) is 13.7. The maximum absolute atomic E-state index is 12.1. The summed E-state index contributed by atoms with van der Waals surface area (Å²) in [5, 5.41) is 4.95.